The molecule has 5 heteroatoms. The standard InChI is InChI=1S/C16H16ClNO3/c1-21-14-7-3-6-13(17)15(14)16(20)18-9-11-4-2-5-12(8-11)10-19/h2-8,19H,9-10H2,1H3,(H,18,20). The van der Waals surface area contributed by atoms with Crippen LogP contribution in [0.1, 0.15) is 21.5 Å². The summed E-state index contributed by atoms with van der Waals surface area (Å²) in [6.07, 6.45) is 0. The van der Waals surface area contributed by atoms with Crippen LogP contribution >= 0.6 is 11.6 Å². The van der Waals surface area contributed by atoms with E-state index in [4.69, 9.17) is 21.4 Å². The molecule has 2 aromatic carbocycles. The number of ether oxygens (including phenoxy) is 1. The van der Waals surface area contributed by atoms with E-state index >= 15 is 0 Å². The molecule has 0 bridgehead atoms. The molecule has 2 rings (SSSR count). The minimum Gasteiger partial charge on any atom is -0.496 e. The number of halogens is 1. The summed E-state index contributed by atoms with van der Waals surface area (Å²) in [5.74, 6) is 0.135. The minimum atomic E-state index is -0.299. The van der Waals surface area contributed by atoms with Gasteiger partial charge in [-0.1, -0.05) is 41.9 Å². The molecule has 0 aliphatic heterocycles. The number of benzene rings is 2. The fraction of sp³-hybridized carbons (Fsp3) is 0.188. The van der Waals surface area contributed by atoms with Crippen LogP contribution in [0, 0.1) is 0 Å². The van der Waals surface area contributed by atoms with Crippen molar-refractivity contribution in [1.29, 1.82) is 0 Å². The van der Waals surface area contributed by atoms with Crippen molar-refractivity contribution >= 4 is 17.5 Å². The Morgan fingerprint density at radius 1 is 1.24 bits per heavy atom. The van der Waals surface area contributed by atoms with Crippen molar-refractivity contribution in [2.45, 2.75) is 13.2 Å². The summed E-state index contributed by atoms with van der Waals surface area (Å²) >= 11 is 6.06. The van der Waals surface area contributed by atoms with E-state index in [0.29, 0.717) is 22.9 Å². The fourth-order valence-corrected chi connectivity index (χ4v) is 2.26. The first-order valence-corrected chi connectivity index (χ1v) is 6.83. The molecule has 0 spiro atoms. The number of rotatable bonds is 5. The first-order chi connectivity index (χ1) is 10.2. The number of methoxy groups -OCH3 is 1. The Morgan fingerprint density at radius 2 is 1.95 bits per heavy atom. The van der Waals surface area contributed by atoms with Crippen LogP contribution in [0.25, 0.3) is 0 Å². The highest BCUT2D eigenvalue weighted by Gasteiger charge is 2.15. The molecule has 0 radical (unpaired) electrons. The van der Waals surface area contributed by atoms with E-state index in [0.717, 1.165) is 11.1 Å². The van der Waals surface area contributed by atoms with E-state index in [-0.39, 0.29) is 12.5 Å². The maximum absolute atomic E-state index is 12.2. The summed E-state index contributed by atoms with van der Waals surface area (Å²) in [6.45, 7) is 0.321. The molecule has 4 nitrogen and oxygen atoms in total. The zero-order valence-electron chi connectivity index (χ0n) is 11.6. The van der Waals surface area contributed by atoms with Gasteiger partial charge in [0.1, 0.15) is 5.75 Å². The Labute approximate surface area is 128 Å². The largest absolute Gasteiger partial charge is 0.496 e. The molecule has 0 fully saturated rings. The molecule has 0 aromatic heterocycles. The molecule has 0 saturated heterocycles. The Kier molecular flexibility index (Phi) is 5.20. The Morgan fingerprint density at radius 3 is 2.67 bits per heavy atom. The molecule has 110 valence electrons. The van der Waals surface area contributed by atoms with Crippen molar-refractivity contribution in [3.05, 3.63) is 64.2 Å². The molecule has 2 N–H and O–H groups in total. The van der Waals surface area contributed by atoms with Crippen LogP contribution in [0.4, 0.5) is 0 Å². The summed E-state index contributed by atoms with van der Waals surface area (Å²) in [4.78, 5) is 12.2. The van der Waals surface area contributed by atoms with Crippen molar-refractivity contribution in [2.75, 3.05) is 7.11 Å². The van der Waals surface area contributed by atoms with Gasteiger partial charge in [-0.05, 0) is 23.3 Å². The van der Waals surface area contributed by atoms with E-state index in [1.807, 2.05) is 24.3 Å². The Hall–Kier alpha value is -2.04. The van der Waals surface area contributed by atoms with E-state index in [2.05, 4.69) is 5.32 Å². The number of nitrogens with one attached hydrogen (secondary N) is 1. The third-order valence-electron chi connectivity index (χ3n) is 3.05. The maximum Gasteiger partial charge on any atom is 0.256 e. The summed E-state index contributed by atoms with van der Waals surface area (Å²) in [6, 6.07) is 12.4. The number of carbonyl (C=O) groups excluding carboxylic acids is 1. The maximum atomic E-state index is 12.2. The number of amides is 1. The first kappa shape index (κ1) is 15.4. The highest BCUT2D eigenvalue weighted by Crippen LogP contribution is 2.26. The quantitative estimate of drug-likeness (QED) is 0.893. The molecule has 2 aromatic rings. The van der Waals surface area contributed by atoms with E-state index in [9.17, 15) is 4.79 Å². The molecule has 0 saturated carbocycles. The molecule has 0 atom stereocenters. The number of hydrogen-bond acceptors (Lipinski definition) is 3. The van der Waals surface area contributed by atoms with Crippen LogP contribution in [0.5, 0.6) is 5.75 Å². The van der Waals surface area contributed by atoms with Crippen molar-refractivity contribution in [2.24, 2.45) is 0 Å². The number of aliphatic hydroxyl groups excluding tert-OH is 1. The van der Waals surface area contributed by atoms with Crippen LogP contribution in [-0.2, 0) is 13.2 Å². The van der Waals surface area contributed by atoms with Gasteiger partial charge in [-0.15, -0.1) is 0 Å². The molecular formula is C16H16ClNO3. The molecule has 1 amide bonds. The lowest BCUT2D eigenvalue weighted by Crippen LogP contribution is -2.23. The summed E-state index contributed by atoms with van der Waals surface area (Å²) in [7, 11) is 1.49. The summed E-state index contributed by atoms with van der Waals surface area (Å²) in [5.41, 5.74) is 2.03. The monoisotopic (exact) mass is 305 g/mol. The second kappa shape index (κ2) is 7.11. The van der Waals surface area contributed by atoms with Gasteiger partial charge in [0.05, 0.1) is 24.3 Å². The van der Waals surface area contributed by atoms with Gasteiger partial charge in [0, 0.05) is 6.54 Å². The minimum absolute atomic E-state index is 0.0277. The van der Waals surface area contributed by atoms with Gasteiger partial charge in [0.2, 0.25) is 0 Å². The highest BCUT2D eigenvalue weighted by molar-refractivity contribution is 6.34. The molecular weight excluding hydrogens is 290 g/mol. The number of carbonyl (C=O) groups is 1. The van der Waals surface area contributed by atoms with E-state index < -0.39 is 0 Å². The summed E-state index contributed by atoms with van der Waals surface area (Å²) < 4.78 is 5.16. The third kappa shape index (κ3) is 3.74. The zero-order chi connectivity index (χ0) is 15.2. The van der Waals surface area contributed by atoms with E-state index in [1.54, 1.807) is 18.2 Å². The second-order valence-corrected chi connectivity index (χ2v) is 4.89. The van der Waals surface area contributed by atoms with Gasteiger partial charge in [-0.2, -0.15) is 0 Å². The lowest BCUT2D eigenvalue weighted by molar-refractivity contribution is 0.0948. The van der Waals surface area contributed by atoms with E-state index in [1.165, 1.54) is 7.11 Å². The van der Waals surface area contributed by atoms with Gasteiger partial charge < -0.3 is 15.2 Å². The van der Waals surface area contributed by atoms with Crippen molar-refractivity contribution < 1.29 is 14.6 Å². The predicted molar refractivity (Wildman–Crippen MR) is 81.5 cm³/mol. The topological polar surface area (TPSA) is 58.6 Å². The van der Waals surface area contributed by atoms with Crippen LogP contribution in [0.3, 0.4) is 0 Å². The van der Waals surface area contributed by atoms with Crippen molar-refractivity contribution in [3.63, 3.8) is 0 Å². The molecule has 0 heterocycles. The number of hydrogen-bond donors (Lipinski definition) is 2. The SMILES string of the molecule is COc1cccc(Cl)c1C(=O)NCc1cccc(CO)c1. The summed E-state index contributed by atoms with van der Waals surface area (Å²) in [5, 5.41) is 12.2. The first-order valence-electron chi connectivity index (χ1n) is 6.45. The smallest absolute Gasteiger partial charge is 0.256 e. The lowest BCUT2D eigenvalue weighted by atomic mass is 10.1. The highest BCUT2D eigenvalue weighted by atomic mass is 35.5. The zero-order valence-corrected chi connectivity index (χ0v) is 12.4. The van der Waals surface area contributed by atoms with Crippen LogP contribution < -0.4 is 10.1 Å². The average molecular weight is 306 g/mol. The second-order valence-electron chi connectivity index (χ2n) is 4.48. The van der Waals surface area contributed by atoms with Crippen LogP contribution in [0.15, 0.2) is 42.5 Å². The van der Waals surface area contributed by atoms with Crippen LogP contribution in [-0.4, -0.2) is 18.1 Å². The fourth-order valence-electron chi connectivity index (χ4n) is 2.00. The molecule has 21 heavy (non-hydrogen) atoms. The molecule has 0 aliphatic carbocycles. The average Bonchev–Trinajstić information content (AvgIpc) is 2.52. The Balaban J connectivity index is 2.12. The third-order valence-corrected chi connectivity index (χ3v) is 3.36. The molecule has 0 unspecified atom stereocenters. The van der Waals surface area contributed by atoms with Crippen molar-refractivity contribution in [3.8, 4) is 5.75 Å². The number of aliphatic hydroxyl groups is 1. The molecule has 0 aliphatic rings. The van der Waals surface area contributed by atoms with Gasteiger partial charge in [0.25, 0.3) is 5.91 Å². The van der Waals surface area contributed by atoms with Gasteiger partial charge in [-0.25, -0.2) is 0 Å². The van der Waals surface area contributed by atoms with Gasteiger partial charge >= 0.3 is 0 Å². The normalized spacial score (nSPS) is 10.2. The van der Waals surface area contributed by atoms with Gasteiger partial charge in [0.15, 0.2) is 0 Å². The van der Waals surface area contributed by atoms with Gasteiger partial charge in [-0.3, -0.25) is 4.79 Å². The Bertz CT molecular complexity index is 643. The van der Waals surface area contributed by atoms with Crippen molar-refractivity contribution in [1.82, 2.24) is 5.32 Å². The lowest BCUT2D eigenvalue weighted by Gasteiger charge is -2.11. The predicted octanol–water partition coefficient (Wildman–Crippen LogP) is 2.77. The van der Waals surface area contributed by atoms with Crippen LogP contribution in [0.2, 0.25) is 5.02 Å².